The number of fused-ring (bicyclic) bond motifs is 1. The van der Waals surface area contributed by atoms with Gasteiger partial charge in [0.05, 0.1) is 11.2 Å². The maximum atomic E-state index is 5.99. The second-order valence-corrected chi connectivity index (χ2v) is 5.94. The first kappa shape index (κ1) is 13.9. The molecule has 0 bridgehead atoms. The maximum Gasteiger partial charge on any atom is 0.0951 e. The summed E-state index contributed by atoms with van der Waals surface area (Å²) in [5.74, 6) is 0. The molecule has 106 valence electrons. The van der Waals surface area contributed by atoms with Gasteiger partial charge in [0.15, 0.2) is 0 Å². The van der Waals surface area contributed by atoms with Gasteiger partial charge in [-0.25, -0.2) is 0 Å². The number of nitrogens with zero attached hydrogens (tertiary/aromatic N) is 1. The highest BCUT2D eigenvalue weighted by molar-refractivity contribution is 9.10. The monoisotopic (exact) mass is 341 g/mol. The summed E-state index contributed by atoms with van der Waals surface area (Å²) in [6.07, 6.45) is 1.79. The standard InChI is InChI=1S/C17H16BrN3/c1-11(12-5-7-13(18)8-6-12)21-16-9-10-20-17-14(16)3-2-4-15(17)19/h2-11H,19H2,1H3,(H,20,21). The molecule has 1 atom stereocenters. The van der Waals surface area contributed by atoms with Crippen LogP contribution >= 0.6 is 15.9 Å². The molecule has 3 aromatic rings. The number of nitrogens with two attached hydrogens (primary N) is 1. The number of hydrogen-bond acceptors (Lipinski definition) is 3. The van der Waals surface area contributed by atoms with Crippen molar-refractivity contribution in [3.8, 4) is 0 Å². The van der Waals surface area contributed by atoms with Gasteiger partial charge >= 0.3 is 0 Å². The summed E-state index contributed by atoms with van der Waals surface area (Å²) in [6, 6.07) is 16.4. The van der Waals surface area contributed by atoms with Crippen molar-refractivity contribution < 1.29 is 0 Å². The zero-order valence-corrected chi connectivity index (χ0v) is 13.3. The molecule has 0 fully saturated rings. The van der Waals surface area contributed by atoms with E-state index in [1.165, 1.54) is 5.56 Å². The first-order chi connectivity index (χ1) is 10.1. The van der Waals surface area contributed by atoms with Gasteiger partial charge in [0.25, 0.3) is 0 Å². The largest absolute Gasteiger partial charge is 0.397 e. The minimum Gasteiger partial charge on any atom is -0.397 e. The van der Waals surface area contributed by atoms with Crippen molar-refractivity contribution in [3.05, 3.63) is 64.8 Å². The summed E-state index contributed by atoms with van der Waals surface area (Å²) in [5.41, 5.74) is 9.80. The predicted octanol–water partition coefficient (Wildman–Crippen LogP) is 4.75. The Morgan fingerprint density at radius 1 is 1.10 bits per heavy atom. The van der Waals surface area contributed by atoms with Crippen LogP contribution in [-0.2, 0) is 0 Å². The third kappa shape index (κ3) is 2.85. The van der Waals surface area contributed by atoms with Crippen LogP contribution in [0.4, 0.5) is 11.4 Å². The van der Waals surface area contributed by atoms with Gasteiger partial charge in [0.2, 0.25) is 0 Å². The summed E-state index contributed by atoms with van der Waals surface area (Å²) >= 11 is 3.46. The molecule has 0 spiro atoms. The lowest BCUT2D eigenvalue weighted by atomic mass is 10.1. The van der Waals surface area contributed by atoms with E-state index in [0.29, 0.717) is 5.69 Å². The van der Waals surface area contributed by atoms with Crippen LogP contribution in [0.3, 0.4) is 0 Å². The minimum atomic E-state index is 0.199. The van der Waals surface area contributed by atoms with Crippen molar-refractivity contribution in [1.82, 2.24) is 4.98 Å². The first-order valence-corrected chi connectivity index (χ1v) is 7.59. The fourth-order valence-corrected chi connectivity index (χ4v) is 2.66. The second kappa shape index (κ2) is 5.74. The average Bonchev–Trinajstić information content (AvgIpc) is 2.49. The molecule has 3 nitrogen and oxygen atoms in total. The number of para-hydroxylation sites is 1. The van der Waals surface area contributed by atoms with Gasteiger partial charge in [0, 0.05) is 27.8 Å². The molecule has 1 heterocycles. The zero-order valence-electron chi connectivity index (χ0n) is 11.7. The highest BCUT2D eigenvalue weighted by atomic mass is 79.9. The molecule has 3 rings (SSSR count). The lowest BCUT2D eigenvalue weighted by Gasteiger charge is -2.17. The van der Waals surface area contributed by atoms with Gasteiger partial charge < -0.3 is 11.1 Å². The van der Waals surface area contributed by atoms with Gasteiger partial charge in [-0.3, -0.25) is 4.98 Å². The van der Waals surface area contributed by atoms with Crippen molar-refractivity contribution in [2.75, 3.05) is 11.1 Å². The molecule has 0 aliphatic heterocycles. The molecule has 0 aliphatic rings. The average molecular weight is 342 g/mol. The number of rotatable bonds is 3. The maximum absolute atomic E-state index is 5.99. The number of anilines is 2. The summed E-state index contributed by atoms with van der Waals surface area (Å²) in [5, 5.41) is 4.58. The van der Waals surface area contributed by atoms with Gasteiger partial charge in [-0.05, 0) is 36.8 Å². The molecule has 2 aromatic carbocycles. The van der Waals surface area contributed by atoms with E-state index >= 15 is 0 Å². The Kier molecular flexibility index (Phi) is 3.80. The van der Waals surface area contributed by atoms with Crippen molar-refractivity contribution in [2.24, 2.45) is 0 Å². The summed E-state index contributed by atoms with van der Waals surface area (Å²) < 4.78 is 1.08. The van der Waals surface area contributed by atoms with Gasteiger partial charge in [-0.15, -0.1) is 0 Å². The third-order valence-electron chi connectivity index (χ3n) is 3.54. The van der Waals surface area contributed by atoms with E-state index in [-0.39, 0.29) is 6.04 Å². The topological polar surface area (TPSA) is 50.9 Å². The fourth-order valence-electron chi connectivity index (χ4n) is 2.39. The third-order valence-corrected chi connectivity index (χ3v) is 4.07. The lowest BCUT2D eigenvalue weighted by Crippen LogP contribution is -2.07. The smallest absolute Gasteiger partial charge is 0.0951 e. The van der Waals surface area contributed by atoms with Crippen LogP contribution in [0.25, 0.3) is 10.9 Å². The van der Waals surface area contributed by atoms with Gasteiger partial charge in [-0.2, -0.15) is 0 Å². The van der Waals surface area contributed by atoms with Crippen LogP contribution < -0.4 is 11.1 Å². The molecule has 0 amide bonds. The number of pyridine rings is 1. The van der Waals surface area contributed by atoms with Crippen LogP contribution in [0.2, 0.25) is 0 Å². The Balaban J connectivity index is 1.94. The number of hydrogen-bond donors (Lipinski definition) is 2. The number of nitrogens with one attached hydrogen (secondary N) is 1. The Morgan fingerprint density at radius 2 is 1.86 bits per heavy atom. The molecule has 4 heteroatoms. The molecular weight excluding hydrogens is 326 g/mol. The number of benzene rings is 2. The van der Waals surface area contributed by atoms with Crippen molar-refractivity contribution in [3.63, 3.8) is 0 Å². The number of halogens is 1. The van der Waals surface area contributed by atoms with E-state index < -0.39 is 0 Å². The zero-order chi connectivity index (χ0) is 14.8. The predicted molar refractivity (Wildman–Crippen MR) is 92.3 cm³/mol. The molecule has 21 heavy (non-hydrogen) atoms. The Bertz CT molecular complexity index is 769. The van der Waals surface area contributed by atoms with E-state index in [4.69, 9.17) is 5.73 Å². The quantitative estimate of drug-likeness (QED) is 0.675. The fraction of sp³-hybridized carbons (Fsp3) is 0.118. The van der Waals surface area contributed by atoms with E-state index in [0.717, 1.165) is 21.1 Å². The number of nitrogen functional groups attached to an aromatic ring is 1. The molecule has 1 aromatic heterocycles. The lowest BCUT2D eigenvalue weighted by molar-refractivity contribution is 0.886. The van der Waals surface area contributed by atoms with Crippen molar-refractivity contribution in [1.29, 1.82) is 0 Å². The van der Waals surface area contributed by atoms with E-state index in [2.05, 4.69) is 57.4 Å². The number of aromatic nitrogens is 1. The molecule has 0 saturated heterocycles. The molecule has 0 radical (unpaired) electrons. The Morgan fingerprint density at radius 3 is 2.62 bits per heavy atom. The van der Waals surface area contributed by atoms with Crippen molar-refractivity contribution >= 4 is 38.2 Å². The van der Waals surface area contributed by atoms with Crippen LogP contribution in [0.15, 0.2) is 59.2 Å². The summed E-state index contributed by atoms with van der Waals surface area (Å²) in [7, 11) is 0. The molecule has 0 saturated carbocycles. The minimum absolute atomic E-state index is 0.199. The highest BCUT2D eigenvalue weighted by Crippen LogP contribution is 2.28. The summed E-state index contributed by atoms with van der Waals surface area (Å²) in [6.45, 7) is 2.14. The van der Waals surface area contributed by atoms with Crippen molar-refractivity contribution in [2.45, 2.75) is 13.0 Å². The van der Waals surface area contributed by atoms with Crippen LogP contribution in [-0.4, -0.2) is 4.98 Å². The second-order valence-electron chi connectivity index (χ2n) is 5.02. The normalized spacial score (nSPS) is 12.3. The van der Waals surface area contributed by atoms with E-state index in [9.17, 15) is 0 Å². The van der Waals surface area contributed by atoms with Crippen LogP contribution in [0.5, 0.6) is 0 Å². The first-order valence-electron chi connectivity index (χ1n) is 6.80. The summed E-state index contributed by atoms with van der Waals surface area (Å²) in [4.78, 5) is 4.36. The van der Waals surface area contributed by atoms with E-state index in [1.807, 2.05) is 24.3 Å². The SMILES string of the molecule is CC(Nc1ccnc2c(N)cccc12)c1ccc(Br)cc1. The molecule has 1 unspecified atom stereocenters. The Hall–Kier alpha value is -2.07. The molecule has 0 aliphatic carbocycles. The molecule has 3 N–H and O–H groups in total. The van der Waals surface area contributed by atoms with E-state index in [1.54, 1.807) is 6.20 Å². The van der Waals surface area contributed by atoms with Gasteiger partial charge in [0.1, 0.15) is 0 Å². The van der Waals surface area contributed by atoms with Crippen LogP contribution in [0.1, 0.15) is 18.5 Å². The highest BCUT2D eigenvalue weighted by Gasteiger charge is 2.09. The van der Waals surface area contributed by atoms with Gasteiger partial charge in [-0.1, -0.05) is 40.2 Å². The molecular formula is C17H16BrN3. The van der Waals surface area contributed by atoms with Crippen LogP contribution in [0, 0.1) is 0 Å². The Labute approximate surface area is 132 Å².